The Hall–Kier alpha value is -2.30. The molecule has 1 unspecified atom stereocenters. The Labute approximate surface area is 97.7 Å². The minimum absolute atomic E-state index is 0.168. The molecular formula is C12H12N4O. The maximum Gasteiger partial charge on any atom is 0.145 e. The van der Waals surface area contributed by atoms with Gasteiger partial charge in [0.15, 0.2) is 0 Å². The fourth-order valence-corrected chi connectivity index (χ4v) is 1.99. The number of aliphatic hydroxyl groups excluding tert-OH is 1. The normalized spacial score (nSPS) is 20.1. The molecule has 86 valence electrons. The number of hydrogen-bond donors (Lipinski definition) is 3. The minimum Gasteiger partial charge on any atom is -0.509 e. The fraction of sp³-hybridized carbons (Fsp3) is 0.167. The molecule has 0 saturated heterocycles. The summed E-state index contributed by atoms with van der Waals surface area (Å²) in [6.07, 6.45) is 0. The summed E-state index contributed by atoms with van der Waals surface area (Å²) in [5.41, 5.74) is 8.05. The molecule has 1 atom stereocenters. The van der Waals surface area contributed by atoms with E-state index in [4.69, 9.17) is 5.73 Å². The molecule has 0 amide bonds. The van der Waals surface area contributed by atoms with Crippen LogP contribution in [-0.4, -0.2) is 27.0 Å². The highest BCUT2D eigenvalue weighted by Crippen LogP contribution is 2.26. The lowest BCUT2D eigenvalue weighted by molar-refractivity contribution is 0.383. The van der Waals surface area contributed by atoms with E-state index < -0.39 is 0 Å². The highest BCUT2D eigenvalue weighted by atomic mass is 16.3. The number of para-hydroxylation sites is 2. The maximum atomic E-state index is 9.93. The van der Waals surface area contributed by atoms with Gasteiger partial charge in [0.05, 0.1) is 16.6 Å². The molecule has 0 fully saturated rings. The van der Waals surface area contributed by atoms with Gasteiger partial charge in [0.25, 0.3) is 0 Å². The van der Waals surface area contributed by atoms with E-state index in [1.807, 2.05) is 24.3 Å². The van der Waals surface area contributed by atoms with E-state index >= 15 is 0 Å². The van der Waals surface area contributed by atoms with Gasteiger partial charge in [-0.15, -0.1) is 0 Å². The lowest BCUT2D eigenvalue weighted by atomic mass is 10.2. The molecule has 1 aliphatic rings. The molecule has 0 radical (unpaired) electrons. The van der Waals surface area contributed by atoms with Crippen molar-refractivity contribution in [1.29, 1.82) is 0 Å². The highest BCUT2D eigenvalue weighted by Gasteiger charge is 2.26. The topological polar surface area (TPSA) is 87.3 Å². The van der Waals surface area contributed by atoms with Crippen molar-refractivity contribution >= 4 is 22.4 Å². The van der Waals surface area contributed by atoms with Gasteiger partial charge in [0, 0.05) is 0 Å². The number of nitrogens with one attached hydrogen (secondary N) is 1. The van der Waals surface area contributed by atoms with E-state index in [1.54, 1.807) is 6.92 Å². The van der Waals surface area contributed by atoms with E-state index in [2.05, 4.69) is 15.0 Å². The van der Waals surface area contributed by atoms with Crippen LogP contribution in [0, 0.1) is 0 Å². The van der Waals surface area contributed by atoms with Gasteiger partial charge >= 0.3 is 0 Å². The second-order valence-electron chi connectivity index (χ2n) is 4.05. The van der Waals surface area contributed by atoms with E-state index in [-0.39, 0.29) is 11.8 Å². The Morgan fingerprint density at radius 3 is 2.76 bits per heavy atom. The molecule has 5 nitrogen and oxygen atoms in total. The van der Waals surface area contributed by atoms with Crippen molar-refractivity contribution in [3.05, 3.63) is 35.8 Å². The number of nitrogens with two attached hydrogens (primary N) is 1. The van der Waals surface area contributed by atoms with Crippen LogP contribution < -0.4 is 5.73 Å². The monoisotopic (exact) mass is 228 g/mol. The van der Waals surface area contributed by atoms with Crippen LogP contribution in [0.3, 0.4) is 0 Å². The van der Waals surface area contributed by atoms with E-state index in [0.29, 0.717) is 17.2 Å². The average molecular weight is 228 g/mol. The molecule has 2 heterocycles. The summed E-state index contributed by atoms with van der Waals surface area (Å²) >= 11 is 0. The molecule has 0 saturated carbocycles. The number of benzene rings is 1. The number of aliphatic hydroxyl groups is 1. The summed E-state index contributed by atoms with van der Waals surface area (Å²) in [6, 6.07) is 7.37. The van der Waals surface area contributed by atoms with E-state index in [9.17, 15) is 5.11 Å². The molecule has 0 aliphatic carbocycles. The molecule has 1 aromatic heterocycles. The molecule has 2 aromatic rings. The van der Waals surface area contributed by atoms with E-state index in [0.717, 1.165) is 11.0 Å². The third-order valence-electron chi connectivity index (χ3n) is 2.87. The maximum absolute atomic E-state index is 9.93. The number of aromatic nitrogens is 2. The number of fused-ring (bicyclic) bond motifs is 1. The first-order valence-corrected chi connectivity index (χ1v) is 5.38. The number of aliphatic imine (C=N–C) groups is 1. The van der Waals surface area contributed by atoms with Crippen molar-refractivity contribution in [2.45, 2.75) is 13.0 Å². The van der Waals surface area contributed by atoms with Gasteiger partial charge in [0.2, 0.25) is 0 Å². The summed E-state index contributed by atoms with van der Waals surface area (Å²) in [5.74, 6) is 1.06. The zero-order valence-corrected chi connectivity index (χ0v) is 9.31. The average Bonchev–Trinajstić information content (AvgIpc) is 2.81. The second-order valence-corrected chi connectivity index (χ2v) is 4.05. The number of aromatic amines is 1. The Balaban J connectivity index is 2.20. The van der Waals surface area contributed by atoms with Crippen LogP contribution >= 0.6 is 0 Å². The minimum atomic E-state index is -0.293. The SMILES string of the molecule is CC1N=C(N)C(c2nc3ccccc3[nH]2)=C1O. The fourth-order valence-electron chi connectivity index (χ4n) is 1.99. The smallest absolute Gasteiger partial charge is 0.145 e. The van der Waals surface area contributed by atoms with Crippen molar-refractivity contribution in [1.82, 2.24) is 9.97 Å². The molecule has 0 spiro atoms. The largest absolute Gasteiger partial charge is 0.509 e. The van der Waals surface area contributed by atoms with Crippen molar-refractivity contribution in [3.8, 4) is 0 Å². The van der Waals surface area contributed by atoms with Crippen LogP contribution in [0.1, 0.15) is 12.7 Å². The standard InChI is InChI=1S/C12H12N4O/c1-6-10(17)9(11(13)14-6)12-15-7-4-2-3-5-8(7)16-12/h2-6,17H,1H3,(H2,13,14)(H,15,16). The van der Waals surface area contributed by atoms with Gasteiger partial charge in [0.1, 0.15) is 23.5 Å². The molecule has 4 N–H and O–H groups in total. The summed E-state index contributed by atoms with van der Waals surface area (Å²) in [4.78, 5) is 11.6. The Bertz CT molecular complexity index is 620. The third-order valence-corrected chi connectivity index (χ3v) is 2.87. The third kappa shape index (κ3) is 1.39. The Morgan fingerprint density at radius 2 is 2.12 bits per heavy atom. The first-order chi connectivity index (χ1) is 8.16. The Kier molecular flexibility index (Phi) is 1.95. The van der Waals surface area contributed by atoms with Crippen LogP contribution in [0.4, 0.5) is 0 Å². The zero-order valence-electron chi connectivity index (χ0n) is 9.31. The summed E-state index contributed by atoms with van der Waals surface area (Å²) in [5, 5.41) is 9.93. The summed E-state index contributed by atoms with van der Waals surface area (Å²) in [6.45, 7) is 1.79. The number of rotatable bonds is 1. The van der Waals surface area contributed by atoms with Gasteiger partial charge in [-0.3, -0.25) is 4.99 Å². The first-order valence-electron chi connectivity index (χ1n) is 5.38. The lowest BCUT2D eigenvalue weighted by Crippen LogP contribution is -2.12. The van der Waals surface area contributed by atoms with Crippen LogP contribution in [0.5, 0.6) is 0 Å². The molecule has 0 bridgehead atoms. The van der Waals surface area contributed by atoms with Crippen LogP contribution in [-0.2, 0) is 0 Å². The number of nitrogens with zero attached hydrogens (tertiary/aromatic N) is 2. The predicted octanol–water partition coefficient (Wildman–Crippen LogP) is 1.59. The van der Waals surface area contributed by atoms with Gasteiger partial charge in [-0.1, -0.05) is 12.1 Å². The highest BCUT2D eigenvalue weighted by molar-refractivity contribution is 6.23. The summed E-state index contributed by atoms with van der Waals surface area (Å²) in [7, 11) is 0. The zero-order chi connectivity index (χ0) is 12.0. The molecule has 3 rings (SSSR count). The predicted molar refractivity (Wildman–Crippen MR) is 66.7 cm³/mol. The summed E-state index contributed by atoms with van der Waals surface area (Å²) < 4.78 is 0. The Morgan fingerprint density at radius 1 is 1.35 bits per heavy atom. The van der Waals surface area contributed by atoms with Crippen LogP contribution in [0.15, 0.2) is 35.0 Å². The molecule has 5 heteroatoms. The van der Waals surface area contributed by atoms with Gasteiger partial charge in [-0.05, 0) is 19.1 Å². The molecule has 1 aliphatic heterocycles. The van der Waals surface area contributed by atoms with Gasteiger partial charge in [-0.2, -0.15) is 0 Å². The second kappa shape index (κ2) is 3.35. The molecule has 1 aromatic carbocycles. The van der Waals surface area contributed by atoms with Crippen LogP contribution in [0.2, 0.25) is 0 Å². The van der Waals surface area contributed by atoms with Crippen molar-refractivity contribution in [2.24, 2.45) is 10.7 Å². The number of H-pyrrole nitrogens is 1. The number of imidazole rings is 1. The number of hydrogen-bond acceptors (Lipinski definition) is 4. The van der Waals surface area contributed by atoms with Gasteiger partial charge in [-0.25, -0.2) is 4.98 Å². The van der Waals surface area contributed by atoms with Crippen LogP contribution in [0.25, 0.3) is 16.6 Å². The lowest BCUT2D eigenvalue weighted by Gasteiger charge is -2.00. The van der Waals surface area contributed by atoms with Crippen molar-refractivity contribution in [3.63, 3.8) is 0 Å². The van der Waals surface area contributed by atoms with Gasteiger partial charge < -0.3 is 15.8 Å². The first kappa shape index (κ1) is 9.89. The van der Waals surface area contributed by atoms with Crippen molar-refractivity contribution in [2.75, 3.05) is 0 Å². The molecular weight excluding hydrogens is 216 g/mol. The molecule has 17 heavy (non-hydrogen) atoms. The van der Waals surface area contributed by atoms with Crippen molar-refractivity contribution < 1.29 is 5.11 Å². The number of amidine groups is 1. The van der Waals surface area contributed by atoms with E-state index in [1.165, 1.54) is 0 Å². The quantitative estimate of drug-likeness (QED) is 0.692.